The van der Waals surface area contributed by atoms with Gasteiger partial charge in [-0.2, -0.15) is 0 Å². The van der Waals surface area contributed by atoms with E-state index in [2.05, 4.69) is 29.3 Å². The third kappa shape index (κ3) is 5.48. The fourth-order valence-corrected chi connectivity index (χ4v) is 6.05. The highest BCUT2D eigenvalue weighted by Gasteiger charge is 2.40. The molecule has 0 spiro atoms. The number of unbranched alkanes of at least 4 members (excludes halogenated alkanes) is 1. The number of nitrogens with two attached hydrogens (primary N) is 1. The summed E-state index contributed by atoms with van der Waals surface area (Å²) in [7, 11) is 3.56. The first-order valence-electron chi connectivity index (χ1n) is 13.1. The van der Waals surface area contributed by atoms with Crippen LogP contribution in [0.4, 0.5) is 5.69 Å². The molecule has 0 aromatic heterocycles. The molecule has 7 heteroatoms. The predicted octanol–water partition coefficient (Wildman–Crippen LogP) is 4.61. The molecule has 2 aliphatic heterocycles. The maximum atomic E-state index is 13.2. The van der Waals surface area contributed by atoms with Crippen LogP contribution in [0.15, 0.2) is 42.5 Å². The Labute approximate surface area is 214 Å². The summed E-state index contributed by atoms with van der Waals surface area (Å²) in [5.74, 6) is -0.328. The van der Waals surface area contributed by atoms with Gasteiger partial charge >= 0.3 is 0 Å². The average Bonchev–Trinajstić information content (AvgIpc) is 3.26. The van der Waals surface area contributed by atoms with Crippen LogP contribution in [0.5, 0.6) is 0 Å². The standard InChI is InChI=1S/C29H40N4O3/c1-4-5-12-27(33-21(17-35-2)13-14-22(33)18-36-3)23-10-7-11-26-25(23)16-24(29(34)32-26)19-8-6-9-20(15-19)28(30)31/h6-11,15,21-22,24,27H,4-5,12-14,16-18H2,1-3H3,(H3,30,31)(H,32,34). The van der Waals surface area contributed by atoms with Gasteiger partial charge in [0.2, 0.25) is 5.91 Å². The molecule has 0 radical (unpaired) electrons. The van der Waals surface area contributed by atoms with Crippen LogP contribution < -0.4 is 11.1 Å². The van der Waals surface area contributed by atoms with Crippen LogP contribution in [0.25, 0.3) is 0 Å². The number of amides is 1. The lowest BCUT2D eigenvalue weighted by atomic mass is 9.82. The second-order valence-electron chi connectivity index (χ2n) is 10.1. The first-order valence-corrected chi connectivity index (χ1v) is 13.1. The maximum Gasteiger partial charge on any atom is 0.232 e. The van der Waals surface area contributed by atoms with Crippen molar-refractivity contribution in [1.82, 2.24) is 4.90 Å². The molecule has 2 heterocycles. The molecule has 4 rings (SSSR count). The summed E-state index contributed by atoms with van der Waals surface area (Å²) >= 11 is 0. The number of nitrogen functional groups attached to an aromatic ring is 1. The Kier molecular flexibility index (Phi) is 8.77. The lowest BCUT2D eigenvalue weighted by molar-refractivity contribution is -0.117. The van der Waals surface area contributed by atoms with Crippen molar-refractivity contribution in [3.05, 3.63) is 64.7 Å². The van der Waals surface area contributed by atoms with Gasteiger partial charge in [-0.3, -0.25) is 15.1 Å². The smallest absolute Gasteiger partial charge is 0.232 e. The highest BCUT2D eigenvalue weighted by molar-refractivity contribution is 6.00. The molecule has 0 bridgehead atoms. The molecule has 4 atom stereocenters. The van der Waals surface area contributed by atoms with Gasteiger partial charge < -0.3 is 20.5 Å². The molecule has 1 saturated heterocycles. The minimum absolute atomic E-state index is 0.0104. The summed E-state index contributed by atoms with van der Waals surface area (Å²) in [6, 6.07) is 14.7. The second-order valence-corrected chi connectivity index (χ2v) is 10.1. The molecule has 4 unspecified atom stereocenters. The van der Waals surface area contributed by atoms with E-state index >= 15 is 0 Å². The maximum absolute atomic E-state index is 13.2. The van der Waals surface area contributed by atoms with Gasteiger partial charge in [-0.15, -0.1) is 0 Å². The lowest BCUT2D eigenvalue weighted by Gasteiger charge is -2.39. The lowest BCUT2D eigenvalue weighted by Crippen LogP contribution is -2.44. The van der Waals surface area contributed by atoms with Gasteiger partial charge in [-0.05, 0) is 54.5 Å². The number of rotatable bonds is 11. The van der Waals surface area contributed by atoms with Gasteiger partial charge in [0.15, 0.2) is 0 Å². The second kappa shape index (κ2) is 12.0. The summed E-state index contributed by atoms with van der Waals surface area (Å²) in [5, 5.41) is 11.0. The van der Waals surface area contributed by atoms with E-state index in [1.54, 1.807) is 14.2 Å². The Hall–Kier alpha value is -2.74. The van der Waals surface area contributed by atoms with Crippen molar-refractivity contribution in [2.45, 2.75) is 69.5 Å². The monoisotopic (exact) mass is 492 g/mol. The number of likely N-dealkylation sites (tertiary alicyclic amines) is 1. The van der Waals surface area contributed by atoms with Gasteiger partial charge in [0, 0.05) is 43.6 Å². The van der Waals surface area contributed by atoms with E-state index in [-0.39, 0.29) is 23.7 Å². The number of ether oxygens (including phenoxy) is 2. The number of benzene rings is 2. The number of hydrogen-bond acceptors (Lipinski definition) is 5. The van der Waals surface area contributed by atoms with E-state index in [0.717, 1.165) is 43.4 Å². The van der Waals surface area contributed by atoms with Crippen molar-refractivity contribution >= 4 is 17.4 Å². The van der Waals surface area contributed by atoms with Crippen LogP contribution in [-0.4, -0.2) is 56.2 Å². The molecule has 1 amide bonds. The average molecular weight is 493 g/mol. The minimum Gasteiger partial charge on any atom is -0.384 e. The number of nitrogens with one attached hydrogen (secondary N) is 2. The van der Waals surface area contributed by atoms with Gasteiger partial charge in [-0.25, -0.2) is 0 Å². The molecular weight excluding hydrogens is 452 g/mol. The van der Waals surface area contributed by atoms with Crippen molar-refractivity contribution in [3.8, 4) is 0 Å². The highest BCUT2D eigenvalue weighted by atomic mass is 16.5. The predicted molar refractivity (Wildman–Crippen MR) is 144 cm³/mol. The normalized spacial score (nSPS) is 22.8. The van der Waals surface area contributed by atoms with Gasteiger partial charge in [0.05, 0.1) is 19.1 Å². The van der Waals surface area contributed by atoms with E-state index in [1.807, 2.05) is 30.3 Å². The quantitative estimate of drug-likeness (QED) is 0.314. The highest BCUT2D eigenvalue weighted by Crippen LogP contribution is 2.42. The van der Waals surface area contributed by atoms with Crippen molar-refractivity contribution < 1.29 is 14.3 Å². The molecule has 2 aromatic rings. The van der Waals surface area contributed by atoms with Crippen LogP contribution in [0, 0.1) is 5.41 Å². The third-order valence-corrected chi connectivity index (χ3v) is 7.74. The number of anilines is 1. The number of hydrogen-bond donors (Lipinski definition) is 3. The molecule has 36 heavy (non-hydrogen) atoms. The first-order chi connectivity index (χ1) is 17.5. The number of carbonyl (C=O) groups excluding carboxylic acids is 1. The third-order valence-electron chi connectivity index (χ3n) is 7.74. The van der Waals surface area contributed by atoms with Crippen LogP contribution >= 0.6 is 0 Å². The summed E-state index contributed by atoms with van der Waals surface area (Å²) in [6.07, 6.45) is 6.11. The molecule has 4 N–H and O–H groups in total. The number of amidine groups is 1. The van der Waals surface area contributed by atoms with Crippen LogP contribution in [0.3, 0.4) is 0 Å². The summed E-state index contributed by atoms with van der Waals surface area (Å²) in [4.78, 5) is 15.8. The van der Waals surface area contributed by atoms with E-state index in [0.29, 0.717) is 37.3 Å². The van der Waals surface area contributed by atoms with Crippen LogP contribution in [-0.2, 0) is 20.7 Å². The molecule has 1 fully saturated rings. The van der Waals surface area contributed by atoms with E-state index in [4.69, 9.17) is 20.6 Å². The van der Waals surface area contributed by atoms with Crippen molar-refractivity contribution in [3.63, 3.8) is 0 Å². The van der Waals surface area contributed by atoms with Crippen molar-refractivity contribution in [1.29, 1.82) is 5.41 Å². The molecule has 0 aliphatic carbocycles. The fraction of sp³-hybridized carbons (Fsp3) is 0.517. The van der Waals surface area contributed by atoms with E-state index in [9.17, 15) is 4.79 Å². The fourth-order valence-electron chi connectivity index (χ4n) is 6.05. The van der Waals surface area contributed by atoms with Gasteiger partial charge in [0.1, 0.15) is 5.84 Å². The Bertz CT molecular complexity index is 1060. The zero-order chi connectivity index (χ0) is 25.7. The topological polar surface area (TPSA) is 101 Å². The van der Waals surface area contributed by atoms with E-state index in [1.165, 1.54) is 11.1 Å². The molecule has 194 valence electrons. The Balaban J connectivity index is 1.74. The van der Waals surface area contributed by atoms with Crippen molar-refractivity contribution in [2.24, 2.45) is 5.73 Å². The molecule has 0 saturated carbocycles. The first kappa shape index (κ1) is 26.3. The molecule has 7 nitrogen and oxygen atoms in total. The van der Waals surface area contributed by atoms with Crippen LogP contribution in [0.1, 0.15) is 73.2 Å². The molecule has 2 aromatic carbocycles. The van der Waals surface area contributed by atoms with Gasteiger partial charge in [-0.1, -0.05) is 50.1 Å². The Morgan fingerprint density at radius 1 is 1.14 bits per heavy atom. The van der Waals surface area contributed by atoms with E-state index < -0.39 is 0 Å². The van der Waals surface area contributed by atoms with Crippen LogP contribution in [0.2, 0.25) is 0 Å². The number of carbonyl (C=O) groups is 1. The SMILES string of the molecule is CCCCC(c1cccc2c1CC(c1cccc(C(=N)N)c1)C(=O)N2)N1C(COC)CCC1COC. The molecular formula is C29H40N4O3. The summed E-state index contributed by atoms with van der Waals surface area (Å²) in [5.41, 5.74) is 10.7. The summed E-state index contributed by atoms with van der Waals surface area (Å²) in [6.45, 7) is 3.64. The largest absolute Gasteiger partial charge is 0.384 e. The number of methoxy groups -OCH3 is 2. The Morgan fingerprint density at radius 3 is 2.47 bits per heavy atom. The Morgan fingerprint density at radius 2 is 1.83 bits per heavy atom. The zero-order valence-corrected chi connectivity index (χ0v) is 21.8. The summed E-state index contributed by atoms with van der Waals surface area (Å²) < 4.78 is 11.3. The number of nitrogens with zero attached hydrogens (tertiary/aromatic N) is 1. The molecule has 2 aliphatic rings. The zero-order valence-electron chi connectivity index (χ0n) is 21.8. The van der Waals surface area contributed by atoms with Gasteiger partial charge in [0.25, 0.3) is 0 Å². The minimum atomic E-state index is -0.326. The number of fused-ring (bicyclic) bond motifs is 1. The van der Waals surface area contributed by atoms with Crippen molar-refractivity contribution in [2.75, 3.05) is 32.8 Å².